The van der Waals surface area contributed by atoms with Crippen LogP contribution in [0.2, 0.25) is 0 Å². The fraction of sp³-hybridized carbons (Fsp3) is 0.952. The predicted octanol–water partition coefficient (Wildman–Crippen LogP) is 2.74. The van der Waals surface area contributed by atoms with Crippen LogP contribution >= 0.6 is 0 Å². The summed E-state index contributed by atoms with van der Waals surface area (Å²) >= 11 is 0. The molecule has 3 heterocycles. The minimum Gasteiger partial charge on any atom is -0.354 e. The van der Waals surface area contributed by atoms with Crippen molar-refractivity contribution in [2.75, 3.05) is 26.2 Å². The summed E-state index contributed by atoms with van der Waals surface area (Å²) < 4.78 is 0. The molecule has 3 aliphatic heterocycles. The largest absolute Gasteiger partial charge is 0.354 e. The Kier molecular flexibility index (Phi) is 5.51. The van der Waals surface area contributed by atoms with Crippen molar-refractivity contribution in [1.82, 2.24) is 15.5 Å². The average molecular weight is 350 g/mol. The first-order valence-electron chi connectivity index (χ1n) is 10.5. The van der Waals surface area contributed by atoms with Gasteiger partial charge in [0.15, 0.2) is 0 Å². The van der Waals surface area contributed by atoms with E-state index in [1.807, 2.05) is 0 Å². The Morgan fingerprint density at radius 1 is 1.16 bits per heavy atom. The van der Waals surface area contributed by atoms with E-state index in [2.05, 4.69) is 57.1 Å². The zero-order valence-electron chi connectivity index (χ0n) is 17.1. The van der Waals surface area contributed by atoms with Crippen LogP contribution in [0.4, 0.5) is 0 Å². The van der Waals surface area contributed by atoms with Crippen molar-refractivity contribution >= 4 is 5.91 Å². The average Bonchev–Trinajstić information content (AvgIpc) is 2.80. The Labute approximate surface area is 154 Å². The lowest BCUT2D eigenvalue weighted by atomic mass is 9.57. The van der Waals surface area contributed by atoms with Crippen molar-refractivity contribution in [2.24, 2.45) is 35.5 Å². The molecule has 0 aromatic heterocycles. The normalized spacial score (nSPS) is 37.5. The van der Waals surface area contributed by atoms with E-state index in [0.29, 0.717) is 35.6 Å². The standard InChI is InChI=1S/C21H39N3O/c1-13(2)7-18-19-17-10-23-21(18,20(25)22-9-14(3)4)8-16(17)12-24(19)11-15(5)6/h13-19,23H,7-12H2,1-6H3,(H,22,25). The summed E-state index contributed by atoms with van der Waals surface area (Å²) in [5, 5.41) is 7.02. The second kappa shape index (κ2) is 7.19. The summed E-state index contributed by atoms with van der Waals surface area (Å²) in [6, 6.07) is 0.592. The molecular formula is C21H39N3O. The van der Waals surface area contributed by atoms with Crippen LogP contribution in [-0.2, 0) is 4.79 Å². The summed E-state index contributed by atoms with van der Waals surface area (Å²) in [4.78, 5) is 16.1. The molecule has 1 saturated carbocycles. The van der Waals surface area contributed by atoms with E-state index in [1.165, 1.54) is 13.1 Å². The van der Waals surface area contributed by atoms with Gasteiger partial charge < -0.3 is 10.6 Å². The molecule has 1 aliphatic carbocycles. The van der Waals surface area contributed by atoms with Crippen LogP contribution in [0.15, 0.2) is 0 Å². The number of nitrogens with one attached hydrogen (secondary N) is 2. The topological polar surface area (TPSA) is 44.4 Å². The minimum absolute atomic E-state index is 0.270. The molecule has 1 amide bonds. The second-order valence-corrected chi connectivity index (χ2v) is 10.2. The highest BCUT2D eigenvalue weighted by Gasteiger charge is 2.64. The molecule has 2 N–H and O–H groups in total. The summed E-state index contributed by atoms with van der Waals surface area (Å²) in [6.45, 7) is 17.8. The summed E-state index contributed by atoms with van der Waals surface area (Å²) in [7, 11) is 0. The van der Waals surface area contributed by atoms with E-state index >= 15 is 0 Å². The van der Waals surface area contributed by atoms with Crippen LogP contribution in [0.25, 0.3) is 0 Å². The third-order valence-corrected chi connectivity index (χ3v) is 6.62. The first kappa shape index (κ1) is 19.2. The number of fused-ring (bicyclic) bond motifs is 1. The molecule has 4 rings (SSSR count). The minimum atomic E-state index is -0.338. The van der Waals surface area contributed by atoms with Gasteiger partial charge in [-0.05, 0) is 42.4 Å². The maximum Gasteiger partial charge on any atom is 0.240 e. The van der Waals surface area contributed by atoms with Crippen molar-refractivity contribution in [1.29, 1.82) is 0 Å². The number of hydrogen-bond acceptors (Lipinski definition) is 3. The monoisotopic (exact) mass is 349 g/mol. The lowest BCUT2D eigenvalue weighted by Crippen LogP contribution is -2.74. The third kappa shape index (κ3) is 3.49. The second-order valence-electron chi connectivity index (χ2n) is 10.2. The molecule has 3 saturated heterocycles. The van der Waals surface area contributed by atoms with Gasteiger partial charge in [-0.3, -0.25) is 9.69 Å². The molecule has 0 radical (unpaired) electrons. The van der Waals surface area contributed by atoms with Gasteiger partial charge in [-0.2, -0.15) is 0 Å². The molecular weight excluding hydrogens is 310 g/mol. The van der Waals surface area contributed by atoms with E-state index in [4.69, 9.17) is 0 Å². The van der Waals surface area contributed by atoms with E-state index in [9.17, 15) is 4.79 Å². The van der Waals surface area contributed by atoms with Gasteiger partial charge in [0.25, 0.3) is 0 Å². The number of hydrogen-bond donors (Lipinski definition) is 2. The van der Waals surface area contributed by atoms with Gasteiger partial charge in [0, 0.05) is 38.1 Å². The van der Waals surface area contributed by atoms with Crippen molar-refractivity contribution in [3.63, 3.8) is 0 Å². The van der Waals surface area contributed by atoms with Crippen molar-refractivity contribution in [3.05, 3.63) is 0 Å². The van der Waals surface area contributed by atoms with Gasteiger partial charge in [-0.25, -0.2) is 0 Å². The molecule has 25 heavy (non-hydrogen) atoms. The molecule has 4 nitrogen and oxygen atoms in total. The molecule has 5 unspecified atom stereocenters. The number of carbonyl (C=O) groups is 1. The Balaban J connectivity index is 1.88. The zero-order valence-corrected chi connectivity index (χ0v) is 17.1. The van der Waals surface area contributed by atoms with E-state index < -0.39 is 0 Å². The van der Waals surface area contributed by atoms with Crippen molar-refractivity contribution in [3.8, 4) is 0 Å². The number of piperidine rings is 2. The highest BCUT2D eigenvalue weighted by Crippen LogP contribution is 2.53. The molecule has 4 fully saturated rings. The van der Waals surface area contributed by atoms with E-state index in [1.54, 1.807) is 0 Å². The molecule has 0 spiro atoms. The molecule has 4 aliphatic rings. The molecule has 4 bridgehead atoms. The van der Waals surface area contributed by atoms with Crippen LogP contribution < -0.4 is 10.6 Å². The van der Waals surface area contributed by atoms with Crippen LogP contribution in [0, 0.1) is 35.5 Å². The Morgan fingerprint density at radius 2 is 1.88 bits per heavy atom. The van der Waals surface area contributed by atoms with E-state index in [-0.39, 0.29) is 11.4 Å². The summed E-state index contributed by atoms with van der Waals surface area (Å²) in [5.41, 5.74) is -0.338. The zero-order chi connectivity index (χ0) is 18.4. The molecule has 5 atom stereocenters. The van der Waals surface area contributed by atoms with E-state index in [0.717, 1.165) is 31.8 Å². The molecule has 4 heteroatoms. The van der Waals surface area contributed by atoms with Crippen molar-refractivity contribution in [2.45, 2.75) is 66.0 Å². The van der Waals surface area contributed by atoms with Gasteiger partial charge in [0.05, 0.1) is 0 Å². The number of amides is 1. The Hall–Kier alpha value is -0.610. The number of rotatable bonds is 7. The molecule has 0 aromatic rings. The van der Waals surface area contributed by atoms with Crippen LogP contribution in [-0.4, -0.2) is 48.6 Å². The quantitative estimate of drug-likeness (QED) is 0.743. The van der Waals surface area contributed by atoms with Crippen LogP contribution in [0.1, 0.15) is 54.4 Å². The van der Waals surface area contributed by atoms with Crippen LogP contribution in [0.3, 0.4) is 0 Å². The van der Waals surface area contributed by atoms with Gasteiger partial charge in [0.1, 0.15) is 5.54 Å². The maximum atomic E-state index is 13.3. The fourth-order valence-electron chi connectivity index (χ4n) is 5.83. The summed E-state index contributed by atoms with van der Waals surface area (Å²) in [6.07, 6.45) is 2.18. The number of nitrogens with zero attached hydrogens (tertiary/aromatic N) is 1. The fourth-order valence-corrected chi connectivity index (χ4v) is 5.83. The lowest BCUT2D eigenvalue weighted by Gasteiger charge is -2.56. The van der Waals surface area contributed by atoms with Gasteiger partial charge in [-0.15, -0.1) is 0 Å². The Morgan fingerprint density at radius 3 is 2.48 bits per heavy atom. The molecule has 144 valence electrons. The number of carbonyl (C=O) groups excluding carboxylic acids is 1. The number of likely N-dealkylation sites (tertiary alicyclic amines) is 1. The SMILES string of the molecule is CC(C)CNC(=O)C12CC3CN(CC(C)C)C(C3CN1)C2CC(C)C. The third-order valence-electron chi connectivity index (χ3n) is 6.62. The smallest absolute Gasteiger partial charge is 0.240 e. The summed E-state index contributed by atoms with van der Waals surface area (Å²) in [5.74, 6) is 3.96. The molecule has 0 aromatic carbocycles. The predicted molar refractivity (Wildman–Crippen MR) is 103 cm³/mol. The van der Waals surface area contributed by atoms with Gasteiger partial charge in [-0.1, -0.05) is 41.5 Å². The van der Waals surface area contributed by atoms with Gasteiger partial charge >= 0.3 is 0 Å². The lowest BCUT2D eigenvalue weighted by molar-refractivity contribution is -0.139. The first-order chi connectivity index (χ1) is 11.7. The Bertz CT molecular complexity index is 490. The highest BCUT2D eigenvalue weighted by atomic mass is 16.2. The van der Waals surface area contributed by atoms with Crippen molar-refractivity contribution < 1.29 is 4.79 Å². The van der Waals surface area contributed by atoms with Gasteiger partial charge in [0.2, 0.25) is 5.91 Å². The first-order valence-corrected chi connectivity index (χ1v) is 10.5. The maximum absolute atomic E-state index is 13.3. The highest BCUT2D eigenvalue weighted by molar-refractivity contribution is 5.87. The van der Waals surface area contributed by atoms with Crippen LogP contribution in [0.5, 0.6) is 0 Å².